The molecular weight excluding hydrogens is 182 g/mol. The molecule has 0 unspecified atom stereocenters. The van der Waals surface area contributed by atoms with Gasteiger partial charge in [0, 0.05) is 17.8 Å². The number of aliphatic carboxylic acids is 1. The van der Waals surface area contributed by atoms with Crippen LogP contribution in [-0.4, -0.2) is 20.9 Å². The van der Waals surface area contributed by atoms with Gasteiger partial charge in [-0.2, -0.15) is 13.9 Å². The molecular formula is C7H6F2N2O2. The Balaban J connectivity index is 2.75. The van der Waals surface area contributed by atoms with Gasteiger partial charge in [0.1, 0.15) is 0 Å². The highest BCUT2D eigenvalue weighted by molar-refractivity contribution is 5.85. The third-order valence-electron chi connectivity index (χ3n) is 1.24. The van der Waals surface area contributed by atoms with Gasteiger partial charge in [-0.05, 0) is 6.08 Å². The standard InChI is InChI=1S/C7H6F2N2O2/c8-7(9)11-4-5(3-10-11)1-2-6(12)13/h1-4,7H,(H,12,13)/b2-1+. The average molecular weight is 188 g/mol. The van der Waals surface area contributed by atoms with Crippen LogP contribution in [0.5, 0.6) is 0 Å². The summed E-state index contributed by atoms with van der Waals surface area (Å²) in [4.78, 5) is 10.1. The van der Waals surface area contributed by atoms with E-state index in [1.54, 1.807) is 0 Å². The Morgan fingerprint density at radius 3 is 2.85 bits per heavy atom. The van der Waals surface area contributed by atoms with Gasteiger partial charge in [-0.3, -0.25) is 0 Å². The van der Waals surface area contributed by atoms with Gasteiger partial charge in [-0.1, -0.05) is 0 Å². The van der Waals surface area contributed by atoms with Gasteiger partial charge in [0.2, 0.25) is 0 Å². The smallest absolute Gasteiger partial charge is 0.333 e. The van der Waals surface area contributed by atoms with E-state index in [1.165, 1.54) is 6.08 Å². The number of hydrogen-bond donors (Lipinski definition) is 1. The molecule has 1 heterocycles. The molecule has 0 aromatic carbocycles. The minimum atomic E-state index is -2.70. The molecule has 0 amide bonds. The van der Waals surface area contributed by atoms with Crippen LogP contribution in [-0.2, 0) is 4.79 Å². The molecule has 0 aliphatic heterocycles. The lowest BCUT2D eigenvalue weighted by Crippen LogP contribution is -1.96. The fraction of sp³-hybridized carbons (Fsp3) is 0.143. The second-order valence-electron chi connectivity index (χ2n) is 2.20. The van der Waals surface area contributed by atoms with Gasteiger partial charge in [-0.15, -0.1) is 0 Å². The van der Waals surface area contributed by atoms with Gasteiger partial charge in [0.05, 0.1) is 6.20 Å². The van der Waals surface area contributed by atoms with Crippen molar-refractivity contribution in [3.05, 3.63) is 24.0 Å². The molecule has 6 heteroatoms. The SMILES string of the molecule is O=C(O)/C=C/c1cnn(C(F)F)c1. The monoisotopic (exact) mass is 188 g/mol. The van der Waals surface area contributed by atoms with Crippen LogP contribution in [0.4, 0.5) is 8.78 Å². The highest BCUT2D eigenvalue weighted by Gasteiger charge is 2.05. The van der Waals surface area contributed by atoms with Crippen LogP contribution in [0.2, 0.25) is 0 Å². The van der Waals surface area contributed by atoms with E-state index >= 15 is 0 Å². The van der Waals surface area contributed by atoms with Crippen molar-refractivity contribution >= 4 is 12.0 Å². The number of hydrogen-bond acceptors (Lipinski definition) is 2. The van der Waals surface area contributed by atoms with Crippen molar-refractivity contribution < 1.29 is 18.7 Å². The lowest BCUT2D eigenvalue weighted by Gasteiger charge is -1.94. The first-order chi connectivity index (χ1) is 6.09. The Morgan fingerprint density at radius 2 is 2.38 bits per heavy atom. The highest BCUT2D eigenvalue weighted by atomic mass is 19.3. The lowest BCUT2D eigenvalue weighted by molar-refractivity contribution is -0.131. The molecule has 0 bridgehead atoms. The van der Waals surface area contributed by atoms with Crippen LogP contribution in [0.3, 0.4) is 0 Å². The van der Waals surface area contributed by atoms with Gasteiger partial charge in [0.15, 0.2) is 0 Å². The molecule has 1 N–H and O–H groups in total. The molecule has 13 heavy (non-hydrogen) atoms. The predicted octanol–water partition coefficient (Wildman–Crippen LogP) is 1.38. The number of nitrogens with zero attached hydrogens (tertiary/aromatic N) is 2. The summed E-state index contributed by atoms with van der Waals surface area (Å²) in [6.07, 6.45) is 4.26. The van der Waals surface area contributed by atoms with Crippen LogP contribution in [0.25, 0.3) is 6.08 Å². The highest BCUT2D eigenvalue weighted by Crippen LogP contribution is 2.10. The maximum atomic E-state index is 11.9. The summed E-state index contributed by atoms with van der Waals surface area (Å²) in [5, 5.41) is 11.5. The predicted molar refractivity (Wildman–Crippen MR) is 40.1 cm³/mol. The molecule has 1 aromatic rings. The van der Waals surface area contributed by atoms with Crippen molar-refractivity contribution in [1.29, 1.82) is 0 Å². The summed E-state index contributed by atoms with van der Waals surface area (Å²) in [6.45, 7) is -2.70. The van der Waals surface area contributed by atoms with E-state index in [9.17, 15) is 13.6 Å². The molecule has 0 radical (unpaired) electrons. The van der Waals surface area contributed by atoms with E-state index in [-0.39, 0.29) is 0 Å². The molecule has 0 spiro atoms. The summed E-state index contributed by atoms with van der Waals surface area (Å²) in [5.74, 6) is -1.13. The number of carboxylic acids is 1. The Labute approximate surface area is 72.1 Å². The summed E-state index contributed by atoms with van der Waals surface area (Å²) >= 11 is 0. The zero-order chi connectivity index (χ0) is 9.84. The number of alkyl halides is 2. The fourth-order valence-corrected chi connectivity index (χ4v) is 0.713. The van der Waals surface area contributed by atoms with Gasteiger partial charge < -0.3 is 5.11 Å². The van der Waals surface area contributed by atoms with Crippen molar-refractivity contribution in [3.8, 4) is 0 Å². The van der Waals surface area contributed by atoms with Crippen molar-refractivity contribution in [2.45, 2.75) is 6.55 Å². The third-order valence-corrected chi connectivity index (χ3v) is 1.24. The Bertz CT molecular complexity index is 333. The quantitative estimate of drug-likeness (QED) is 0.729. The van der Waals surface area contributed by atoms with Gasteiger partial charge >= 0.3 is 12.5 Å². The van der Waals surface area contributed by atoms with Gasteiger partial charge in [0.25, 0.3) is 0 Å². The molecule has 0 aliphatic rings. The second-order valence-corrected chi connectivity index (χ2v) is 2.20. The molecule has 4 nitrogen and oxygen atoms in total. The minimum absolute atomic E-state index is 0.322. The third kappa shape index (κ3) is 2.66. The van der Waals surface area contributed by atoms with Crippen molar-refractivity contribution in [3.63, 3.8) is 0 Å². The van der Waals surface area contributed by atoms with Crippen molar-refractivity contribution in [1.82, 2.24) is 9.78 Å². The minimum Gasteiger partial charge on any atom is -0.478 e. The first-order valence-electron chi connectivity index (χ1n) is 3.33. The van der Waals surface area contributed by atoms with Crippen LogP contribution < -0.4 is 0 Å². The molecule has 0 aliphatic carbocycles. The van der Waals surface area contributed by atoms with E-state index in [1.807, 2.05) is 0 Å². The van der Waals surface area contributed by atoms with Crippen molar-refractivity contribution in [2.75, 3.05) is 0 Å². The number of carboxylic acid groups (broad SMARTS) is 1. The van der Waals surface area contributed by atoms with E-state index in [4.69, 9.17) is 5.11 Å². The molecule has 0 saturated carbocycles. The van der Waals surface area contributed by atoms with Crippen molar-refractivity contribution in [2.24, 2.45) is 0 Å². The Morgan fingerprint density at radius 1 is 1.69 bits per heavy atom. The summed E-state index contributed by atoms with van der Waals surface area (Å²) in [5.41, 5.74) is 0.322. The Kier molecular flexibility index (Phi) is 2.73. The molecule has 0 fully saturated rings. The summed E-state index contributed by atoms with van der Waals surface area (Å²) in [7, 11) is 0. The van der Waals surface area contributed by atoms with Gasteiger partial charge in [-0.25, -0.2) is 9.48 Å². The average Bonchev–Trinajstić information content (AvgIpc) is 2.48. The van der Waals surface area contributed by atoms with Crippen LogP contribution >= 0.6 is 0 Å². The summed E-state index contributed by atoms with van der Waals surface area (Å²) in [6, 6.07) is 0. The molecule has 1 aromatic heterocycles. The van der Waals surface area contributed by atoms with E-state index in [0.29, 0.717) is 10.2 Å². The second kappa shape index (κ2) is 3.79. The van der Waals surface area contributed by atoms with E-state index in [0.717, 1.165) is 18.5 Å². The largest absolute Gasteiger partial charge is 0.478 e. The topological polar surface area (TPSA) is 55.1 Å². The number of rotatable bonds is 3. The van der Waals surface area contributed by atoms with E-state index < -0.39 is 12.5 Å². The molecule has 0 atom stereocenters. The lowest BCUT2D eigenvalue weighted by atomic mass is 10.3. The van der Waals surface area contributed by atoms with Crippen LogP contribution in [0.15, 0.2) is 18.5 Å². The number of carbonyl (C=O) groups is 1. The first-order valence-corrected chi connectivity index (χ1v) is 3.33. The molecule has 0 saturated heterocycles. The zero-order valence-corrected chi connectivity index (χ0v) is 6.39. The first kappa shape index (κ1) is 9.37. The molecule has 1 rings (SSSR count). The summed E-state index contributed by atoms with van der Waals surface area (Å²) < 4.78 is 24.3. The molecule has 70 valence electrons. The maximum absolute atomic E-state index is 11.9. The normalized spacial score (nSPS) is 11.3. The van der Waals surface area contributed by atoms with E-state index in [2.05, 4.69) is 5.10 Å². The van der Waals surface area contributed by atoms with Crippen LogP contribution in [0.1, 0.15) is 12.1 Å². The number of aromatic nitrogens is 2. The zero-order valence-electron chi connectivity index (χ0n) is 6.39. The maximum Gasteiger partial charge on any atom is 0.333 e. The Hall–Kier alpha value is -1.72. The van der Waals surface area contributed by atoms with Crippen LogP contribution in [0, 0.1) is 0 Å². The fourth-order valence-electron chi connectivity index (χ4n) is 0.713. The number of halogens is 2.